The second kappa shape index (κ2) is 15.2. The molecule has 7 rings (SSSR count). The summed E-state index contributed by atoms with van der Waals surface area (Å²) in [5, 5.41) is 8.53. The second-order valence-corrected chi connectivity index (χ2v) is 16.0. The number of nitrogens with zero attached hydrogens (tertiary/aromatic N) is 5. The number of carbonyl (C=O) groups is 2. The van der Waals surface area contributed by atoms with Crippen molar-refractivity contribution in [2.45, 2.75) is 90.8 Å². The van der Waals surface area contributed by atoms with Gasteiger partial charge in [-0.3, -0.25) is 14.8 Å². The molecule has 1 amide bonds. The standard InChI is InChI=1S/C41H48N6O4S/c1-26-31(24-42-47(26)34(21-23-50-5)28-12-7-6-8-13-28)29-18-19-36(44-37(29)39(49)51-41(2,3)4)46-22-20-27-14-11-15-30(32(27)25-46)38(48)45-40-43-33-16-9-10-17-35(33)52-40/h9-11,14-19,24,28,34H,6-8,12-13,20-23,25H2,1-5H3,(H,43,45,48). The number of anilines is 2. The third-order valence-corrected chi connectivity index (χ3v) is 11.2. The molecule has 1 aliphatic carbocycles. The van der Waals surface area contributed by atoms with Gasteiger partial charge in [0, 0.05) is 49.2 Å². The van der Waals surface area contributed by atoms with Gasteiger partial charge in [-0.05, 0) is 101 Å². The molecule has 1 fully saturated rings. The van der Waals surface area contributed by atoms with Gasteiger partial charge in [-0.15, -0.1) is 0 Å². The highest BCUT2D eigenvalue weighted by Crippen LogP contribution is 2.38. The molecule has 1 saturated carbocycles. The Balaban J connectivity index is 1.20. The molecule has 1 N–H and O–H groups in total. The van der Waals surface area contributed by atoms with Gasteiger partial charge in [0.1, 0.15) is 11.4 Å². The number of thiazole rings is 1. The van der Waals surface area contributed by atoms with E-state index in [9.17, 15) is 9.59 Å². The minimum atomic E-state index is -0.701. The van der Waals surface area contributed by atoms with E-state index in [4.69, 9.17) is 19.6 Å². The molecular formula is C41H48N6O4S. The zero-order valence-electron chi connectivity index (χ0n) is 30.8. The van der Waals surface area contributed by atoms with Crippen molar-refractivity contribution < 1.29 is 19.1 Å². The predicted molar refractivity (Wildman–Crippen MR) is 206 cm³/mol. The van der Waals surface area contributed by atoms with Gasteiger partial charge < -0.3 is 14.4 Å². The minimum Gasteiger partial charge on any atom is -0.455 e. The second-order valence-electron chi connectivity index (χ2n) is 15.0. The summed E-state index contributed by atoms with van der Waals surface area (Å²) in [6.45, 7) is 9.51. The fraction of sp³-hybridized carbons (Fsp3) is 0.439. The molecule has 52 heavy (non-hydrogen) atoms. The van der Waals surface area contributed by atoms with Gasteiger partial charge in [0.25, 0.3) is 5.91 Å². The van der Waals surface area contributed by atoms with E-state index in [0.717, 1.165) is 45.4 Å². The SMILES string of the molecule is COCCC(C1CCCCC1)n1ncc(-c2ccc(N3CCc4cccc(C(=O)Nc5nc6ccccc6s5)c4C3)nc2C(=O)OC(C)(C)C)c1C. The van der Waals surface area contributed by atoms with Crippen LogP contribution in [0.15, 0.2) is 60.8 Å². The zero-order chi connectivity index (χ0) is 36.4. The van der Waals surface area contributed by atoms with Gasteiger partial charge in [-0.25, -0.2) is 14.8 Å². The molecule has 1 aliphatic heterocycles. The third-order valence-electron chi connectivity index (χ3n) is 10.3. The quantitative estimate of drug-likeness (QED) is 0.143. The fourth-order valence-corrected chi connectivity index (χ4v) is 8.60. The lowest BCUT2D eigenvalue weighted by atomic mass is 9.82. The Morgan fingerprint density at radius 1 is 1.00 bits per heavy atom. The van der Waals surface area contributed by atoms with E-state index in [-0.39, 0.29) is 17.6 Å². The molecule has 4 heterocycles. The molecule has 0 saturated heterocycles. The van der Waals surface area contributed by atoms with Crippen molar-refractivity contribution in [3.8, 4) is 11.1 Å². The normalized spacial score (nSPS) is 15.8. The summed E-state index contributed by atoms with van der Waals surface area (Å²) in [6, 6.07) is 17.9. The summed E-state index contributed by atoms with van der Waals surface area (Å²) in [4.78, 5) is 39.3. The van der Waals surface area contributed by atoms with Crippen LogP contribution in [0.2, 0.25) is 0 Å². The number of ether oxygens (including phenoxy) is 2. The summed E-state index contributed by atoms with van der Waals surface area (Å²) in [7, 11) is 1.75. The van der Waals surface area contributed by atoms with E-state index in [2.05, 4.69) is 32.9 Å². The Morgan fingerprint density at radius 2 is 1.81 bits per heavy atom. The number of amides is 1. The monoisotopic (exact) mass is 720 g/mol. The van der Waals surface area contributed by atoms with Gasteiger partial charge >= 0.3 is 5.97 Å². The number of hydrogen-bond acceptors (Lipinski definition) is 9. The van der Waals surface area contributed by atoms with E-state index in [1.807, 2.05) is 75.5 Å². The molecule has 0 spiro atoms. The number of methoxy groups -OCH3 is 1. The molecule has 2 aromatic carbocycles. The van der Waals surface area contributed by atoms with Crippen LogP contribution in [-0.2, 0) is 22.4 Å². The van der Waals surface area contributed by atoms with E-state index >= 15 is 0 Å². The van der Waals surface area contributed by atoms with E-state index in [0.29, 0.717) is 47.7 Å². The number of aromatic nitrogens is 4. The van der Waals surface area contributed by atoms with E-state index in [1.54, 1.807) is 7.11 Å². The smallest absolute Gasteiger partial charge is 0.358 e. The lowest BCUT2D eigenvalue weighted by Gasteiger charge is -2.32. The molecule has 1 unspecified atom stereocenters. The van der Waals surface area contributed by atoms with Crippen LogP contribution < -0.4 is 10.2 Å². The number of para-hydroxylation sites is 1. The van der Waals surface area contributed by atoms with Gasteiger partial charge in [0.15, 0.2) is 10.8 Å². The van der Waals surface area contributed by atoms with Crippen molar-refractivity contribution >= 4 is 44.4 Å². The maximum absolute atomic E-state index is 13.9. The first-order chi connectivity index (χ1) is 25.1. The molecule has 0 radical (unpaired) electrons. The number of fused-ring (bicyclic) bond motifs is 2. The topological polar surface area (TPSA) is 111 Å². The van der Waals surface area contributed by atoms with Crippen LogP contribution in [0.4, 0.5) is 10.9 Å². The maximum Gasteiger partial charge on any atom is 0.358 e. The minimum absolute atomic E-state index is 0.194. The number of esters is 1. The largest absolute Gasteiger partial charge is 0.455 e. The number of benzene rings is 2. The summed E-state index contributed by atoms with van der Waals surface area (Å²) < 4.78 is 14.6. The third kappa shape index (κ3) is 7.61. The highest BCUT2D eigenvalue weighted by molar-refractivity contribution is 7.22. The number of rotatable bonds is 10. The highest BCUT2D eigenvalue weighted by Gasteiger charge is 2.31. The molecule has 2 aliphatic rings. The maximum atomic E-state index is 13.9. The van der Waals surface area contributed by atoms with Crippen LogP contribution in [0.25, 0.3) is 21.3 Å². The Labute approximate surface area is 309 Å². The average Bonchev–Trinajstić information content (AvgIpc) is 3.73. The number of nitrogens with one attached hydrogen (secondary N) is 1. The summed E-state index contributed by atoms with van der Waals surface area (Å²) in [6.07, 6.45) is 9.64. The van der Waals surface area contributed by atoms with E-state index < -0.39 is 11.6 Å². The van der Waals surface area contributed by atoms with Crippen LogP contribution in [0, 0.1) is 12.8 Å². The Morgan fingerprint density at radius 3 is 2.58 bits per heavy atom. The lowest BCUT2D eigenvalue weighted by Crippen LogP contribution is -2.33. The van der Waals surface area contributed by atoms with Crippen LogP contribution in [0.3, 0.4) is 0 Å². The first kappa shape index (κ1) is 35.8. The molecular weight excluding hydrogens is 673 g/mol. The van der Waals surface area contributed by atoms with Crippen LogP contribution >= 0.6 is 11.3 Å². The van der Waals surface area contributed by atoms with Crippen molar-refractivity contribution in [2.75, 3.05) is 30.5 Å². The summed E-state index contributed by atoms with van der Waals surface area (Å²) in [5.41, 5.74) is 5.66. The molecule has 1 atom stereocenters. The van der Waals surface area contributed by atoms with Crippen molar-refractivity contribution in [3.63, 3.8) is 0 Å². The summed E-state index contributed by atoms with van der Waals surface area (Å²) >= 11 is 1.46. The first-order valence-electron chi connectivity index (χ1n) is 18.4. The molecule has 0 bridgehead atoms. The van der Waals surface area contributed by atoms with Gasteiger partial charge in [-0.1, -0.05) is 54.9 Å². The highest BCUT2D eigenvalue weighted by atomic mass is 32.1. The van der Waals surface area contributed by atoms with Gasteiger partial charge in [0.05, 0.1) is 22.5 Å². The zero-order valence-corrected chi connectivity index (χ0v) is 31.6. The molecule has 10 nitrogen and oxygen atoms in total. The number of hydrogen-bond donors (Lipinski definition) is 1. The van der Waals surface area contributed by atoms with Crippen molar-refractivity contribution in [2.24, 2.45) is 5.92 Å². The number of carbonyl (C=O) groups excluding carboxylic acids is 2. The average molecular weight is 721 g/mol. The fourth-order valence-electron chi connectivity index (χ4n) is 7.74. The molecule has 272 valence electrons. The lowest BCUT2D eigenvalue weighted by molar-refractivity contribution is 0.00638. The van der Waals surface area contributed by atoms with Gasteiger partial charge in [0.2, 0.25) is 0 Å². The van der Waals surface area contributed by atoms with Crippen LogP contribution in [0.5, 0.6) is 0 Å². The number of pyridine rings is 1. The van der Waals surface area contributed by atoms with Crippen LogP contribution in [-0.4, -0.2) is 57.5 Å². The molecule has 5 aromatic rings. The van der Waals surface area contributed by atoms with Crippen molar-refractivity contribution in [1.29, 1.82) is 0 Å². The van der Waals surface area contributed by atoms with Crippen LogP contribution in [0.1, 0.15) is 103 Å². The van der Waals surface area contributed by atoms with E-state index in [1.165, 1.54) is 43.4 Å². The molecule has 3 aromatic heterocycles. The van der Waals surface area contributed by atoms with Crippen molar-refractivity contribution in [1.82, 2.24) is 19.7 Å². The van der Waals surface area contributed by atoms with Crippen molar-refractivity contribution in [3.05, 3.63) is 88.9 Å². The first-order valence-corrected chi connectivity index (χ1v) is 19.2. The Bertz CT molecular complexity index is 2040. The Kier molecular flexibility index (Phi) is 10.4. The summed E-state index contributed by atoms with van der Waals surface area (Å²) in [5.74, 6) is 0.520. The van der Waals surface area contributed by atoms with Gasteiger partial charge in [-0.2, -0.15) is 5.10 Å². The Hall–Kier alpha value is -4.61. The predicted octanol–water partition coefficient (Wildman–Crippen LogP) is 8.79. The molecule has 11 heteroatoms.